The molecular formula is C27H36F6O6S2. The first kappa shape index (κ1) is 32.5. The van der Waals surface area contributed by atoms with Crippen LogP contribution in [-0.4, -0.2) is 34.5 Å². The maximum atomic E-state index is 14.9. The average Bonchev–Trinajstić information content (AvgIpc) is 2.93. The monoisotopic (exact) mass is 634 g/mol. The summed E-state index contributed by atoms with van der Waals surface area (Å²) in [6.45, 7) is 0. The molecule has 1 N–H and O–H groups in total. The van der Waals surface area contributed by atoms with Gasteiger partial charge in [0.05, 0.1) is 0 Å². The van der Waals surface area contributed by atoms with Crippen molar-refractivity contribution in [3.05, 3.63) is 28.8 Å². The van der Waals surface area contributed by atoms with E-state index in [4.69, 9.17) is 8.74 Å². The Morgan fingerprint density at radius 2 is 1.10 bits per heavy atom. The second-order valence-corrected chi connectivity index (χ2v) is 13.7. The summed E-state index contributed by atoms with van der Waals surface area (Å²) < 4.78 is 139. The van der Waals surface area contributed by atoms with E-state index in [0.717, 1.165) is 76.2 Å². The standard InChI is InChI=1S/C27H36F6O6S2/c28-25(29,26(30,31)39-40(34)35)27(32,33)41(36,37)38-24-22(19-12-6-2-7-13-19)16-21(18-10-4-1-5-11-18)17-23(24)20-14-8-3-9-15-20/h16-20H,1-15H2,(H,34,35). The number of benzene rings is 1. The van der Waals surface area contributed by atoms with Gasteiger partial charge in [0.25, 0.3) is 0 Å². The summed E-state index contributed by atoms with van der Waals surface area (Å²) in [5.41, 5.74) is 1.59. The molecule has 0 aliphatic heterocycles. The van der Waals surface area contributed by atoms with E-state index in [1.807, 2.05) is 0 Å². The van der Waals surface area contributed by atoms with Gasteiger partial charge >= 0.3 is 38.8 Å². The number of rotatable bonds is 10. The third-order valence-corrected chi connectivity index (χ3v) is 10.4. The van der Waals surface area contributed by atoms with Crippen molar-refractivity contribution < 1.29 is 51.9 Å². The molecule has 0 saturated heterocycles. The van der Waals surface area contributed by atoms with Gasteiger partial charge in [-0.2, -0.15) is 43.2 Å². The summed E-state index contributed by atoms with van der Waals surface area (Å²) in [5.74, 6) is -7.62. The summed E-state index contributed by atoms with van der Waals surface area (Å²) in [7, 11) is -6.77. The largest absolute Gasteiger partial charge is 0.452 e. The lowest BCUT2D eigenvalue weighted by atomic mass is 9.75. The van der Waals surface area contributed by atoms with Gasteiger partial charge in [0.15, 0.2) is 0 Å². The van der Waals surface area contributed by atoms with Crippen molar-refractivity contribution in [2.24, 2.45) is 0 Å². The zero-order chi connectivity index (χ0) is 30.1. The first-order valence-corrected chi connectivity index (χ1v) is 16.7. The molecule has 0 radical (unpaired) electrons. The van der Waals surface area contributed by atoms with Gasteiger partial charge in [-0.05, 0) is 73.0 Å². The van der Waals surface area contributed by atoms with E-state index in [-0.39, 0.29) is 17.8 Å². The first-order chi connectivity index (χ1) is 19.2. The fourth-order valence-electron chi connectivity index (χ4n) is 6.53. The lowest BCUT2D eigenvalue weighted by Crippen LogP contribution is -2.59. The molecule has 41 heavy (non-hydrogen) atoms. The molecule has 1 aromatic rings. The van der Waals surface area contributed by atoms with Gasteiger partial charge in [-0.15, -0.1) is 0 Å². The molecule has 0 spiro atoms. The van der Waals surface area contributed by atoms with Gasteiger partial charge in [-0.3, -0.25) is 4.55 Å². The van der Waals surface area contributed by atoms with Crippen molar-refractivity contribution in [3.63, 3.8) is 0 Å². The lowest BCUT2D eigenvalue weighted by Gasteiger charge is -2.33. The van der Waals surface area contributed by atoms with Crippen LogP contribution in [0.1, 0.15) is 131 Å². The highest BCUT2D eigenvalue weighted by Crippen LogP contribution is 2.52. The van der Waals surface area contributed by atoms with Crippen molar-refractivity contribution in [2.75, 3.05) is 0 Å². The molecule has 1 atom stereocenters. The quantitative estimate of drug-likeness (QED) is 0.158. The number of alkyl halides is 6. The number of halogens is 6. The highest BCUT2D eigenvalue weighted by atomic mass is 32.2. The number of hydrogen-bond acceptors (Lipinski definition) is 5. The highest BCUT2D eigenvalue weighted by Gasteiger charge is 2.80. The van der Waals surface area contributed by atoms with E-state index in [1.54, 1.807) is 12.1 Å². The molecular weight excluding hydrogens is 598 g/mol. The van der Waals surface area contributed by atoms with E-state index < -0.39 is 44.5 Å². The summed E-state index contributed by atoms with van der Waals surface area (Å²) in [6.07, 6.45) is 6.03. The molecule has 3 aliphatic carbocycles. The molecule has 3 saturated carbocycles. The maximum absolute atomic E-state index is 14.9. The first-order valence-electron chi connectivity index (χ1n) is 14.2. The van der Waals surface area contributed by atoms with Crippen molar-refractivity contribution in [2.45, 2.75) is 131 Å². The molecule has 6 nitrogen and oxygen atoms in total. The zero-order valence-electron chi connectivity index (χ0n) is 22.6. The molecule has 234 valence electrons. The smallest absolute Gasteiger partial charge is 0.377 e. The van der Waals surface area contributed by atoms with Gasteiger partial charge in [-0.1, -0.05) is 69.9 Å². The van der Waals surface area contributed by atoms with Crippen molar-refractivity contribution in [3.8, 4) is 5.75 Å². The molecule has 3 fully saturated rings. The summed E-state index contributed by atoms with van der Waals surface area (Å²) in [4.78, 5) is 0. The number of hydrogen-bond donors (Lipinski definition) is 1. The van der Waals surface area contributed by atoms with Crippen LogP contribution in [0.2, 0.25) is 0 Å². The summed E-state index contributed by atoms with van der Waals surface area (Å²) in [6, 6.07) is 3.48. The van der Waals surface area contributed by atoms with E-state index in [0.29, 0.717) is 36.8 Å². The molecule has 3 aliphatic rings. The van der Waals surface area contributed by atoms with Crippen LogP contribution in [0.3, 0.4) is 0 Å². The Labute approximate surface area is 239 Å². The zero-order valence-corrected chi connectivity index (χ0v) is 24.2. The fraction of sp³-hybridized carbons (Fsp3) is 0.778. The van der Waals surface area contributed by atoms with Gasteiger partial charge in [0.2, 0.25) is 0 Å². The van der Waals surface area contributed by atoms with E-state index >= 15 is 0 Å². The normalized spacial score (nSPS) is 22.0. The Hall–Kier alpha value is -1.38. The SMILES string of the molecule is O=S(O)OC(F)(F)C(F)(F)C(F)(F)S(=O)(=O)Oc1c(C2CCCCC2)cc(C2CCCCC2)cc1C1CCCCC1. The molecule has 0 bridgehead atoms. The molecule has 0 amide bonds. The Kier molecular flexibility index (Phi) is 10.1. The van der Waals surface area contributed by atoms with Crippen LogP contribution in [-0.2, 0) is 25.7 Å². The Morgan fingerprint density at radius 3 is 1.49 bits per heavy atom. The van der Waals surface area contributed by atoms with Gasteiger partial charge in [-0.25, -0.2) is 0 Å². The van der Waals surface area contributed by atoms with Crippen molar-refractivity contribution in [1.29, 1.82) is 0 Å². The van der Waals surface area contributed by atoms with Gasteiger partial charge in [0.1, 0.15) is 5.75 Å². The maximum Gasteiger partial charge on any atom is 0.452 e. The molecule has 4 rings (SSSR count). The Balaban J connectivity index is 1.84. The van der Waals surface area contributed by atoms with Crippen LogP contribution in [0, 0.1) is 0 Å². The third-order valence-electron chi connectivity index (χ3n) is 8.75. The summed E-state index contributed by atoms with van der Waals surface area (Å²) in [5, 5.41) is -6.52. The summed E-state index contributed by atoms with van der Waals surface area (Å²) >= 11 is -4.10. The second kappa shape index (κ2) is 12.7. The van der Waals surface area contributed by atoms with Gasteiger partial charge in [0, 0.05) is 0 Å². The van der Waals surface area contributed by atoms with Gasteiger partial charge < -0.3 is 4.18 Å². The molecule has 0 aromatic heterocycles. The second-order valence-electron chi connectivity index (χ2n) is 11.5. The average molecular weight is 635 g/mol. The van der Waals surface area contributed by atoms with Crippen LogP contribution in [0.25, 0.3) is 0 Å². The van der Waals surface area contributed by atoms with Crippen LogP contribution < -0.4 is 4.18 Å². The van der Waals surface area contributed by atoms with Crippen molar-refractivity contribution in [1.82, 2.24) is 0 Å². The van der Waals surface area contributed by atoms with E-state index in [2.05, 4.69) is 4.18 Å². The molecule has 0 heterocycles. The van der Waals surface area contributed by atoms with Crippen LogP contribution >= 0.6 is 0 Å². The van der Waals surface area contributed by atoms with E-state index in [1.165, 1.54) is 0 Å². The van der Waals surface area contributed by atoms with Crippen molar-refractivity contribution >= 4 is 21.5 Å². The fourth-order valence-corrected chi connectivity index (χ4v) is 7.76. The predicted molar refractivity (Wildman–Crippen MR) is 140 cm³/mol. The lowest BCUT2D eigenvalue weighted by molar-refractivity contribution is -0.351. The van der Waals surface area contributed by atoms with Crippen LogP contribution in [0.15, 0.2) is 12.1 Å². The topological polar surface area (TPSA) is 89.9 Å². The Bertz CT molecular complexity index is 1150. The Morgan fingerprint density at radius 1 is 0.707 bits per heavy atom. The van der Waals surface area contributed by atoms with E-state index in [9.17, 15) is 39.0 Å². The van der Waals surface area contributed by atoms with Crippen LogP contribution in [0.5, 0.6) is 5.75 Å². The minimum Gasteiger partial charge on any atom is -0.377 e. The minimum atomic E-state index is -6.77. The van der Waals surface area contributed by atoms with Crippen LogP contribution in [0.4, 0.5) is 26.3 Å². The highest BCUT2D eigenvalue weighted by molar-refractivity contribution is 7.88. The molecule has 1 unspecified atom stereocenters. The molecule has 14 heteroatoms. The minimum absolute atomic E-state index is 0.167. The molecule has 1 aromatic carbocycles. The predicted octanol–water partition coefficient (Wildman–Crippen LogP) is 8.51. The third kappa shape index (κ3) is 6.75.